The third-order valence-electron chi connectivity index (χ3n) is 3.36. The fourth-order valence-corrected chi connectivity index (χ4v) is 2.33. The zero-order chi connectivity index (χ0) is 13.7. The molecule has 0 aliphatic carbocycles. The minimum Gasteiger partial charge on any atom is -0.329 e. The van der Waals surface area contributed by atoms with Crippen LogP contribution in [0.3, 0.4) is 0 Å². The number of benzene rings is 1. The van der Waals surface area contributed by atoms with Gasteiger partial charge in [0.2, 0.25) is 0 Å². The van der Waals surface area contributed by atoms with Crippen LogP contribution in [0, 0.1) is 6.92 Å². The van der Waals surface area contributed by atoms with Crippen LogP contribution in [-0.2, 0) is 6.54 Å². The van der Waals surface area contributed by atoms with Crippen LogP contribution in [0.4, 0.5) is 0 Å². The summed E-state index contributed by atoms with van der Waals surface area (Å²) in [6, 6.07) is 12.9. The lowest BCUT2D eigenvalue weighted by atomic mass is 10.0. The number of likely N-dealkylation sites (N-methyl/N-ethyl adjacent to an activating group) is 1. The molecule has 0 amide bonds. The van der Waals surface area contributed by atoms with Gasteiger partial charge in [0.25, 0.3) is 0 Å². The van der Waals surface area contributed by atoms with Crippen LogP contribution in [0.2, 0.25) is 0 Å². The first kappa shape index (κ1) is 13.7. The summed E-state index contributed by atoms with van der Waals surface area (Å²) in [5.41, 5.74) is 9.76. The van der Waals surface area contributed by atoms with Crippen molar-refractivity contribution in [2.24, 2.45) is 5.73 Å². The van der Waals surface area contributed by atoms with E-state index in [9.17, 15) is 0 Å². The first-order valence-corrected chi connectivity index (χ1v) is 6.56. The maximum atomic E-state index is 5.96. The Kier molecular flexibility index (Phi) is 4.66. The number of rotatable bonds is 5. The third-order valence-corrected chi connectivity index (χ3v) is 3.36. The summed E-state index contributed by atoms with van der Waals surface area (Å²) in [7, 11) is 2.11. The van der Waals surface area contributed by atoms with Crippen LogP contribution in [0.25, 0.3) is 0 Å². The first-order valence-electron chi connectivity index (χ1n) is 6.56. The van der Waals surface area contributed by atoms with Crippen molar-refractivity contribution in [1.29, 1.82) is 0 Å². The molecule has 2 aromatic rings. The molecule has 0 fully saturated rings. The zero-order valence-corrected chi connectivity index (χ0v) is 11.6. The molecule has 3 nitrogen and oxygen atoms in total. The summed E-state index contributed by atoms with van der Waals surface area (Å²) >= 11 is 0. The van der Waals surface area contributed by atoms with Crippen molar-refractivity contribution in [3.05, 3.63) is 65.5 Å². The summed E-state index contributed by atoms with van der Waals surface area (Å²) in [6.07, 6.45) is 3.65. The van der Waals surface area contributed by atoms with Gasteiger partial charge in [0.05, 0.1) is 0 Å². The molecule has 0 aliphatic heterocycles. The van der Waals surface area contributed by atoms with Gasteiger partial charge in [0.1, 0.15) is 0 Å². The fraction of sp³-hybridized carbons (Fsp3) is 0.312. The quantitative estimate of drug-likeness (QED) is 0.892. The molecule has 1 aromatic heterocycles. The van der Waals surface area contributed by atoms with Crippen molar-refractivity contribution in [2.45, 2.75) is 19.5 Å². The normalized spacial score (nSPS) is 12.6. The second kappa shape index (κ2) is 6.45. The van der Waals surface area contributed by atoms with Crippen molar-refractivity contribution in [3.8, 4) is 0 Å². The molecular formula is C16H21N3. The van der Waals surface area contributed by atoms with E-state index >= 15 is 0 Å². The number of aromatic nitrogens is 1. The van der Waals surface area contributed by atoms with Crippen LogP contribution >= 0.6 is 0 Å². The summed E-state index contributed by atoms with van der Waals surface area (Å²) in [5, 5.41) is 0. The molecule has 0 saturated carbocycles. The molecule has 100 valence electrons. The average Bonchev–Trinajstić information content (AvgIpc) is 2.41. The Morgan fingerprint density at radius 2 is 1.95 bits per heavy atom. The van der Waals surface area contributed by atoms with Crippen LogP contribution in [0.5, 0.6) is 0 Å². The average molecular weight is 255 g/mol. The number of hydrogen-bond acceptors (Lipinski definition) is 3. The smallest absolute Gasteiger partial charge is 0.0471 e. The number of nitrogens with zero attached hydrogens (tertiary/aromatic N) is 2. The highest BCUT2D eigenvalue weighted by molar-refractivity contribution is 5.25. The molecule has 1 unspecified atom stereocenters. The molecule has 1 atom stereocenters. The first-order chi connectivity index (χ1) is 9.20. The molecule has 3 heteroatoms. The van der Waals surface area contributed by atoms with E-state index in [0.29, 0.717) is 6.54 Å². The van der Waals surface area contributed by atoms with Crippen LogP contribution in [0.15, 0.2) is 48.8 Å². The Labute approximate surface area is 115 Å². The van der Waals surface area contributed by atoms with Crippen molar-refractivity contribution in [1.82, 2.24) is 9.88 Å². The summed E-state index contributed by atoms with van der Waals surface area (Å²) < 4.78 is 0. The minimum atomic E-state index is 0.244. The van der Waals surface area contributed by atoms with E-state index in [1.807, 2.05) is 24.5 Å². The maximum Gasteiger partial charge on any atom is 0.0471 e. The zero-order valence-electron chi connectivity index (χ0n) is 11.6. The van der Waals surface area contributed by atoms with Gasteiger partial charge in [-0.3, -0.25) is 9.88 Å². The molecule has 0 saturated heterocycles. The van der Waals surface area contributed by atoms with Gasteiger partial charge >= 0.3 is 0 Å². The molecule has 19 heavy (non-hydrogen) atoms. The Bertz CT molecular complexity index is 510. The van der Waals surface area contributed by atoms with Gasteiger partial charge in [-0.2, -0.15) is 0 Å². The predicted octanol–water partition coefficient (Wildman–Crippen LogP) is 2.52. The fourth-order valence-electron chi connectivity index (χ4n) is 2.33. The van der Waals surface area contributed by atoms with Gasteiger partial charge in [-0.15, -0.1) is 0 Å². The molecule has 2 N–H and O–H groups in total. The van der Waals surface area contributed by atoms with Crippen LogP contribution in [-0.4, -0.2) is 23.5 Å². The third kappa shape index (κ3) is 3.63. The van der Waals surface area contributed by atoms with Crippen molar-refractivity contribution < 1.29 is 0 Å². The van der Waals surface area contributed by atoms with E-state index in [1.54, 1.807) is 0 Å². The Balaban J connectivity index is 2.13. The number of pyridine rings is 1. The highest BCUT2D eigenvalue weighted by atomic mass is 15.1. The lowest BCUT2D eigenvalue weighted by Crippen LogP contribution is -2.30. The van der Waals surface area contributed by atoms with Crippen LogP contribution < -0.4 is 5.73 Å². The SMILES string of the molecule is Cc1cccc(C(CN)N(C)Cc2ccncc2)c1. The lowest BCUT2D eigenvalue weighted by Gasteiger charge is -2.27. The van der Waals surface area contributed by atoms with Gasteiger partial charge in [-0.05, 0) is 37.2 Å². The lowest BCUT2D eigenvalue weighted by molar-refractivity contribution is 0.241. The monoisotopic (exact) mass is 255 g/mol. The molecule has 0 spiro atoms. The highest BCUT2D eigenvalue weighted by Gasteiger charge is 2.15. The topological polar surface area (TPSA) is 42.1 Å². The molecular weight excluding hydrogens is 234 g/mol. The number of aryl methyl sites for hydroxylation is 1. The molecule has 1 heterocycles. The van der Waals surface area contributed by atoms with Gasteiger partial charge in [-0.1, -0.05) is 29.8 Å². The summed E-state index contributed by atoms with van der Waals surface area (Å²) in [5.74, 6) is 0. The Hall–Kier alpha value is -1.71. The van der Waals surface area contributed by atoms with E-state index in [1.165, 1.54) is 16.7 Å². The standard InChI is InChI=1S/C16H21N3/c1-13-4-3-5-15(10-13)16(11-17)19(2)12-14-6-8-18-9-7-14/h3-10,16H,11-12,17H2,1-2H3. The summed E-state index contributed by atoms with van der Waals surface area (Å²) in [4.78, 5) is 6.33. The number of nitrogens with two attached hydrogens (primary N) is 1. The van der Waals surface area contributed by atoms with E-state index in [-0.39, 0.29) is 6.04 Å². The van der Waals surface area contributed by atoms with E-state index < -0.39 is 0 Å². The summed E-state index contributed by atoms with van der Waals surface area (Å²) in [6.45, 7) is 3.60. The molecule has 0 aliphatic rings. The molecule has 1 aromatic carbocycles. The van der Waals surface area contributed by atoms with Gasteiger partial charge in [-0.25, -0.2) is 0 Å². The van der Waals surface area contributed by atoms with Crippen molar-refractivity contribution in [3.63, 3.8) is 0 Å². The van der Waals surface area contributed by atoms with Gasteiger partial charge in [0.15, 0.2) is 0 Å². The van der Waals surface area contributed by atoms with E-state index in [2.05, 4.69) is 48.1 Å². The van der Waals surface area contributed by atoms with Gasteiger partial charge < -0.3 is 5.73 Å². The van der Waals surface area contributed by atoms with E-state index in [4.69, 9.17) is 5.73 Å². The molecule has 2 rings (SSSR count). The van der Waals surface area contributed by atoms with E-state index in [0.717, 1.165) is 6.54 Å². The van der Waals surface area contributed by atoms with Gasteiger partial charge in [0, 0.05) is 31.5 Å². The largest absolute Gasteiger partial charge is 0.329 e. The second-order valence-electron chi connectivity index (χ2n) is 4.94. The predicted molar refractivity (Wildman–Crippen MR) is 78.7 cm³/mol. The highest BCUT2D eigenvalue weighted by Crippen LogP contribution is 2.21. The molecule has 0 bridgehead atoms. The van der Waals surface area contributed by atoms with Crippen molar-refractivity contribution in [2.75, 3.05) is 13.6 Å². The molecule has 0 radical (unpaired) electrons. The Morgan fingerprint density at radius 3 is 2.58 bits per heavy atom. The van der Waals surface area contributed by atoms with Crippen molar-refractivity contribution >= 4 is 0 Å². The second-order valence-corrected chi connectivity index (χ2v) is 4.94. The van der Waals surface area contributed by atoms with Crippen LogP contribution in [0.1, 0.15) is 22.7 Å². The minimum absolute atomic E-state index is 0.244. The Morgan fingerprint density at radius 1 is 1.21 bits per heavy atom. The number of hydrogen-bond donors (Lipinski definition) is 1. The maximum absolute atomic E-state index is 5.96.